The summed E-state index contributed by atoms with van der Waals surface area (Å²) in [4.78, 5) is 7.12. The van der Waals surface area contributed by atoms with E-state index < -0.39 is 0 Å². The van der Waals surface area contributed by atoms with Gasteiger partial charge in [0.15, 0.2) is 0 Å². The second-order valence-corrected chi connectivity index (χ2v) is 6.60. The van der Waals surface area contributed by atoms with Gasteiger partial charge in [-0.3, -0.25) is 0 Å². The fourth-order valence-corrected chi connectivity index (χ4v) is 3.75. The lowest BCUT2D eigenvalue weighted by atomic mass is 10.00. The summed E-state index contributed by atoms with van der Waals surface area (Å²) < 4.78 is 0. The van der Waals surface area contributed by atoms with Crippen LogP contribution in [-0.4, -0.2) is 34.3 Å². The molecule has 0 spiro atoms. The number of rotatable bonds is 4. The topological polar surface area (TPSA) is 48.4 Å². The van der Waals surface area contributed by atoms with Crippen LogP contribution < -0.4 is 10.2 Å². The van der Waals surface area contributed by atoms with Crippen LogP contribution in [0.5, 0.6) is 0 Å². The first-order valence-electron chi connectivity index (χ1n) is 7.94. The Kier molecular flexibility index (Phi) is 3.15. The lowest BCUT2D eigenvalue weighted by molar-refractivity contribution is 0.126. The van der Waals surface area contributed by atoms with Crippen LogP contribution >= 0.6 is 0 Å². The highest BCUT2D eigenvalue weighted by Gasteiger charge is 2.40. The maximum absolute atomic E-state index is 9.87. The van der Waals surface area contributed by atoms with Crippen molar-refractivity contribution >= 4 is 5.82 Å². The second-order valence-electron chi connectivity index (χ2n) is 6.60. The molecule has 1 aliphatic carbocycles. The van der Waals surface area contributed by atoms with Gasteiger partial charge in [0, 0.05) is 30.9 Å². The number of nitrogens with zero attached hydrogens (tertiary/aromatic N) is 2. The van der Waals surface area contributed by atoms with Crippen LogP contribution in [0.2, 0.25) is 0 Å². The van der Waals surface area contributed by atoms with Crippen molar-refractivity contribution in [2.45, 2.75) is 69.3 Å². The molecule has 2 atom stereocenters. The first kappa shape index (κ1) is 12.6. The zero-order chi connectivity index (χ0) is 13.5. The van der Waals surface area contributed by atoms with Gasteiger partial charge in [0.05, 0.1) is 6.10 Å². The van der Waals surface area contributed by atoms with Gasteiger partial charge < -0.3 is 15.3 Å². The molecule has 1 saturated carbocycles. The molecule has 3 fully saturated rings. The van der Waals surface area contributed by atoms with Crippen molar-refractivity contribution in [2.24, 2.45) is 0 Å². The average Bonchev–Trinajstić information content (AvgIpc) is 3.23. The maximum atomic E-state index is 9.87. The summed E-state index contributed by atoms with van der Waals surface area (Å²) in [6, 6.07) is 6.09. The van der Waals surface area contributed by atoms with Crippen LogP contribution in [0.15, 0.2) is 18.3 Å². The number of hydrogen-bond donors (Lipinski definition) is 2. The van der Waals surface area contributed by atoms with Gasteiger partial charge in [-0.25, -0.2) is 4.98 Å². The quantitative estimate of drug-likeness (QED) is 0.878. The lowest BCUT2D eigenvalue weighted by Gasteiger charge is -2.38. The fraction of sp³-hybridized carbons (Fsp3) is 0.688. The molecule has 0 aromatic carbocycles. The Morgan fingerprint density at radius 3 is 2.50 bits per heavy atom. The summed E-state index contributed by atoms with van der Waals surface area (Å²) in [7, 11) is 0. The molecule has 3 aliphatic rings. The van der Waals surface area contributed by atoms with E-state index in [1.54, 1.807) is 0 Å². The summed E-state index contributed by atoms with van der Waals surface area (Å²) in [6.07, 6.45) is 8.77. The fourth-order valence-electron chi connectivity index (χ4n) is 3.75. The minimum Gasteiger partial charge on any atom is -0.393 e. The summed E-state index contributed by atoms with van der Waals surface area (Å²) in [5.74, 6) is 1.10. The van der Waals surface area contributed by atoms with Gasteiger partial charge in [0.2, 0.25) is 0 Å². The van der Waals surface area contributed by atoms with Crippen LogP contribution in [0.3, 0.4) is 0 Å². The predicted octanol–water partition coefficient (Wildman–Crippen LogP) is 1.83. The highest BCUT2D eigenvalue weighted by atomic mass is 16.3. The van der Waals surface area contributed by atoms with E-state index in [9.17, 15) is 5.11 Å². The standard InChI is InChI=1S/C16H23N3O/c20-15-7-13-4-5-14(8-15)19(13)16-6-1-11(10-18-16)9-17-12-2-3-12/h1,6,10,12-15,17,20H,2-5,7-9H2. The van der Waals surface area contributed by atoms with Gasteiger partial charge in [0.1, 0.15) is 5.82 Å². The Labute approximate surface area is 120 Å². The summed E-state index contributed by atoms with van der Waals surface area (Å²) in [5.41, 5.74) is 1.27. The molecular formula is C16H23N3O. The van der Waals surface area contributed by atoms with E-state index in [0.29, 0.717) is 12.1 Å². The van der Waals surface area contributed by atoms with E-state index in [1.165, 1.54) is 31.2 Å². The monoisotopic (exact) mass is 273 g/mol. The molecule has 1 aromatic rings. The van der Waals surface area contributed by atoms with Crippen molar-refractivity contribution in [1.82, 2.24) is 10.3 Å². The van der Waals surface area contributed by atoms with Crippen molar-refractivity contribution in [3.8, 4) is 0 Å². The van der Waals surface area contributed by atoms with Crippen molar-refractivity contribution in [3.05, 3.63) is 23.9 Å². The zero-order valence-electron chi connectivity index (χ0n) is 11.8. The molecule has 4 heteroatoms. The van der Waals surface area contributed by atoms with Crippen LogP contribution in [0.4, 0.5) is 5.82 Å². The number of aliphatic hydroxyl groups excluding tert-OH is 1. The normalized spacial score (nSPS) is 32.6. The first-order valence-corrected chi connectivity index (χ1v) is 7.94. The smallest absolute Gasteiger partial charge is 0.128 e. The number of anilines is 1. The van der Waals surface area contributed by atoms with E-state index in [2.05, 4.69) is 27.3 Å². The van der Waals surface area contributed by atoms with Crippen molar-refractivity contribution in [2.75, 3.05) is 4.90 Å². The van der Waals surface area contributed by atoms with Crippen LogP contribution in [-0.2, 0) is 6.54 Å². The molecule has 0 amide bonds. The van der Waals surface area contributed by atoms with Gasteiger partial charge in [-0.15, -0.1) is 0 Å². The molecule has 0 radical (unpaired) electrons. The average molecular weight is 273 g/mol. The molecule has 2 aliphatic heterocycles. The van der Waals surface area contributed by atoms with Gasteiger partial charge in [0.25, 0.3) is 0 Å². The van der Waals surface area contributed by atoms with Gasteiger partial charge in [-0.05, 0) is 50.2 Å². The van der Waals surface area contributed by atoms with Gasteiger partial charge in [-0.1, -0.05) is 6.07 Å². The second kappa shape index (κ2) is 5.01. The minimum atomic E-state index is -0.106. The number of hydrogen-bond acceptors (Lipinski definition) is 4. The summed E-state index contributed by atoms with van der Waals surface area (Å²) in [5, 5.41) is 13.4. The molecule has 4 nitrogen and oxygen atoms in total. The molecular weight excluding hydrogens is 250 g/mol. The molecule has 2 N–H and O–H groups in total. The Balaban J connectivity index is 1.45. The van der Waals surface area contributed by atoms with Crippen molar-refractivity contribution < 1.29 is 5.11 Å². The van der Waals surface area contributed by atoms with Crippen LogP contribution in [0, 0.1) is 0 Å². The third-order valence-electron chi connectivity index (χ3n) is 4.95. The number of nitrogens with one attached hydrogen (secondary N) is 1. The molecule has 2 saturated heterocycles. The highest BCUT2D eigenvalue weighted by Crippen LogP contribution is 2.38. The van der Waals surface area contributed by atoms with E-state index in [-0.39, 0.29) is 6.10 Å². The molecule has 108 valence electrons. The van der Waals surface area contributed by atoms with Crippen molar-refractivity contribution in [1.29, 1.82) is 0 Å². The summed E-state index contributed by atoms with van der Waals surface area (Å²) in [6.45, 7) is 0.934. The van der Waals surface area contributed by atoms with E-state index in [1.807, 2.05) is 6.20 Å². The van der Waals surface area contributed by atoms with Crippen molar-refractivity contribution in [3.63, 3.8) is 0 Å². The molecule has 4 rings (SSSR count). The summed E-state index contributed by atoms with van der Waals surface area (Å²) >= 11 is 0. The van der Waals surface area contributed by atoms with E-state index >= 15 is 0 Å². The Morgan fingerprint density at radius 1 is 1.15 bits per heavy atom. The minimum absolute atomic E-state index is 0.106. The molecule has 2 bridgehead atoms. The van der Waals surface area contributed by atoms with Crippen LogP contribution in [0.1, 0.15) is 44.1 Å². The first-order chi connectivity index (χ1) is 9.79. The highest BCUT2D eigenvalue weighted by molar-refractivity contribution is 5.44. The molecule has 20 heavy (non-hydrogen) atoms. The number of fused-ring (bicyclic) bond motifs is 2. The lowest BCUT2D eigenvalue weighted by Crippen LogP contribution is -2.45. The van der Waals surface area contributed by atoms with Crippen LogP contribution in [0.25, 0.3) is 0 Å². The maximum Gasteiger partial charge on any atom is 0.128 e. The molecule has 2 unspecified atom stereocenters. The Bertz CT molecular complexity index is 457. The SMILES string of the molecule is OC1CC2CCC(C1)N2c1ccc(CNC2CC2)cn1. The molecule has 3 heterocycles. The largest absolute Gasteiger partial charge is 0.393 e. The Hall–Kier alpha value is -1.13. The third-order valence-corrected chi connectivity index (χ3v) is 4.95. The Morgan fingerprint density at radius 2 is 1.90 bits per heavy atom. The van der Waals surface area contributed by atoms with Gasteiger partial charge >= 0.3 is 0 Å². The number of aromatic nitrogens is 1. The van der Waals surface area contributed by atoms with Gasteiger partial charge in [-0.2, -0.15) is 0 Å². The zero-order valence-corrected chi connectivity index (χ0v) is 11.8. The molecule has 1 aromatic heterocycles. The third kappa shape index (κ3) is 2.42. The van der Waals surface area contributed by atoms with E-state index in [0.717, 1.165) is 31.2 Å². The number of aliphatic hydroxyl groups is 1. The number of piperidine rings is 1. The number of pyridine rings is 1. The van der Waals surface area contributed by atoms with E-state index in [4.69, 9.17) is 0 Å². The predicted molar refractivity (Wildman–Crippen MR) is 78.6 cm³/mol.